The largest absolute Gasteiger partial charge is 0.338 e. The fourth-order valence-corrected chi connectivity index (χ4v) is 3.81. The van der Waals surface area contributed by atoms with Crippen LogP contribution in [0.4, 0.5) is 0 Å². The van der Waals surface area contributed by atoms with Gasteiger partial charge in [-0.05, 0) is 55.9 Å². The van der Waals surface area contributed by atoms with Gasteiger partial charge in [-0.15, -0.1) is 11.3 Å². The number of rotatable bonds is 3. The molecule has 1 amide bonds. The van der Waals surface area contributed by atoms with Crippen molar-refractivity contribution in [3.63, 3.8) is 0 Å². The minimum Gasteiger partial charge on any atom is -0.338 e. The van der Waals surface area contributed by atoms with Crippen LogP contribution in [0.2, 0.25) is 0 Å². The van der Waals surface area contributed by atoms with Gasteiger partial charge in [0.25, 0.3) is 5.91 Å². The lowest BCUT2D eigenvalue weighted by Gasteiger charge is -2.32. The van der Waals surface area contributed by atoms with Crippen molar-refractivity contribution in [2.75, 3.05) is 13.1 Å². The van der Waals surface area contributed by atoms with Crippen molar-refractivity contribution in [2.45, 2.75) is 26.2 Å². The van der Waals surface area contributed by atoms with Crippen LogP contribution >= 0.6 is 11.3 Å². The SMILES string of the molecule is Cc1ccc(C(=O)N2CCC[C@@H](Cc3cccnc3)C2)s1. The number of piperidine rings is 1. The average Bonchev–Trinajstić information content (AvgIpc) is 2.94. The lowest BCUT2D eigenvalue weighted by atomic mass is 9.92. The predicted octanol–water partition coefficient (Wildman–Crippen LogP) is 3.55. The van der Waals surface area contributed by atoms with E-state index in [1.54, 1.807) is 17.5 Å². The highest BCUT2D eigenvalue weighted by molar-refractivity contribution is 7.13. The fraction of sp³-hybridized carbons (Fsp3) is 0.412. The Morgan fingerprint density at radius 2 is 2.33 bits per heavy atom. The first-order chi connectivity index (χ1) is 10.2. The average molecular weight is 300 g/mol. The van der Waals surface area contributed by atoms with E-state index >= 15 is 0 Å². The van der Waals surface area contributed by atoms with E-state index in [9.17, 15) is 4.79 Å². The van der Waals surface area contributed by atoms with Crippen molar-refractivity contribution >= 4 is 17.2 Å². The van der Waals surface area contributed by atoms with Crippen LogP contribution in [0.3, 0.4) is 0 Å². The number of nitrogens with zero attached hydrogens (tertiary/aromatic N) is 2. The van der Waals surface area contributed by atoms with E-state index in [0.717, 1.165) is 30.8 Å². The molecule has 0 aliphatic carbocycles. The van der Waals surface area contributed by atoms with E-state index in [-0.39, 0.29) is 5.91 Å². The molecular weight excluding hydrogens is 280 g/mol. The second-order valence-corrected chi connectivity index (χ2v) is 7.02. The summed E-state index contributed by atoms with van der Waals surface area (Å²) in [7, 11) is 0. The van der Waals surface area contributed by atoms with E-state index in [1.165, 1.54) is 16.9 Å². The van der Waals surface area contributed by atoms with Gasteiger partial charge in [-0.3, -0.25) is 9.78 Å². The molecule has 2 aromatic heterocycles. The quantitative estimate of drug-likeness (QED) is 0.868. The minimum absolute atomic E-state index is 0.198. The summed E-state index contributed by atoms with van der Waals surface area (Å²) in [5.41, 5.74) is 1.27. The lowest BCUT2D eigenvalue weighted by Crippen LogP contribution is -2.40. The molecule has 0 aromatic carbocycles. The van der Waals surface area contributed by atoms with E-state index < -0.39 is 0 Å². The van der Waals surface area contributed by atoms with Gasteiger partial charge in [0.15, 0.2) is 0 Å². The van der Waals surface area contributed by atoms with Gasteiger partial charge >= 0.3 is 0 Å². The first kappa shape index (κ1) is 14.3. The molecule has 0 spiro atoms. The number of carbonyl (C=O) groups excluding carboxylic acids is 1. The third-order valence-electron chi connectivity index (χ3n) is 4.00. The second kappa shape index (κ2) is 6.39. The number of aryl methyl sites for hydroxylation is 1. The fourth-order valence-electron chi connectivity index (χ4n) is 2.97. The van der Waals surface area contributed by atoms with Crippen LogP contribution in [-0.2, 0) is 6.42 Å². The highest BCUT2D eigenvalue weighted by atomic mass is 32.1. The summed E-state index contributed by atoms with van der Waals surface area (Å²) in [6, 6.07) is 8.08. The van der Waals surface area contributed by atoms with Gasteiger partial charge in [0, 0.05) is 30.4 Å². The maximum atomic E-state index is 12.5. The van der Waals surface area contributed by atoms with Crippen molar-refractivity contribution in [3.8, 4) is 0 Å². The van der Waals surface area contributed by atoms with E-state index in [0.29, 0.717) is 5.92 Å². The smallest absolute Gasteiger partial charge is 0.263 e. The molecule has 1 saturated heterocycles. The van der Waals surface area contributed by atoms with Gasteiger partial charge < -0.3 is 4.90 Å². The first-order valence-electron chi connectivity index (χ1n) is 7.47. The van der Waals surface area contributed by atoms with Crippen molar-refractivity contribution in [1.29, 1.82) is 0 Å². The molecule has 21 heavy (non-hydrogen) atoms. The molecule has 3 rings (SSSR count). The van der Waals surface area contributed by atoms with E-state index in [2.05, 4.69) is 11.1 Å². The van der Waals surface area contributed by atoms with Crippen LogP contribution < -0.4 is 0 Å². The molecule has 0 bridgehead atoms. The zero-order chi connectivity index (χ0) is 14.7. The van der Waals surface area contributed by atoms with Crippen molar-refractivity contribution in [3.05, 3.63) is 52.0 Å². The topological polar surface area (TPSA) is 33.2 Å². The Bertz CT molecular complexity index is 608. The molecule has 1 aliphatic heterocycles. The number of likely N-dealkylation sites (tertiary alicyclic amines) is 1. The maximum absolute atomic E-state index is 12.5. The minimum atomic E-state index is 0.198. The Kier molecular flexibility index (Phi) is 4.34. The number of aromatic nitrogens is 1. The molecule has 3 nitrogen and oxygen atoms in total. The van der Waals surface area contributed by atoms with Gasteiger partial charge in [-0.25, -0.2) is 0 Å². The second-order valence-electron chi connectivity index (χ2n) is 5.74. The third kappa shape index (κ3) is 3.50. The standard InChI is InChI=1S/C17H20N2OS/c1-13-6-7-16(21-13)17(20)19-9-3-5-15(12-19)10-14-4-2-8-18-11-14/h2,4,6-8,11,15H,3,5,9-10,12H2,1H3/t15-/m0/s1. The summed E-state index contributed by atoms with van der Waals surface area (Å²) in [6.45, 7) is 3.80. The Morgan fingerprint density at radius 3 is 3.05 bits per heavy atom. The molecule has 1 atom stereocenters. The summed E-state index contributed by atoms with van der Waals surface area (Å²) in [4.78, 5) is 20.8. The Labute approximate surface area is 129 Å². The Morgan fingerprint density at radius 1 is 1.43 bits per heavy atom. The zero-order valence-electron chi connectivity index (χ0n) is 12.3. The van der Waals surface area contributed by atoms with Crippen LogP contribution in [0.5, 0.6) is 0 Å². The van der Waals surface area contributed by atoms with Crippen molar-refractivity contribution in [1.82, 2.24) is 9.88 Å². The molecule has 110 valence electrons. The van der Waals surface area contributed by atoms with Gasteiger partial charge in [-0.2, -0.15) is 0 Å². The molecular formula is C17H20N2OS. The number of thiophene rings is 1. The molecule has 0 saturated carbocycles. The number of carbonyl (C=O) groups is 1. The van der Waals surface area contributed by atoms with Crippen LogP contribution in [0.1, 0.15) is 33.0 Å². The normalized spacial score (nSPS) is 18.7. The van der Waals surface area contributed by atoms with Crippen LogP contribution in [0, 0.1) is 12.8 Å². The number of hydrogen-bond donors (Lipinski definition) is 0. The van der Waals surface area contributed by atoms with Crippen molar-refractivity contribution < 1.29 is 4.79 Å². The summed E-state index contributed by atoms with van der Waals surface area (Å²) < 4.78 is 0. The zero-order valence-corrected chi connectivity index (χ0v) is 13.1. The van der Waals surface area contributed by atoms with Crippen LogP contribution in [-0.4, -0.2) is 28.9 Å². The molecule has 0 radical (unpaired) electrons. The van der Waals surface area contributed by atoms with Crippen molar-refractivity contribution in [2.24, 2.45) is 5.92 Å². The predicted molar refractivity (Wildman–Crippen MR) is 85.6 cm³/mol. The molecule has 2 aromatic rings. The summed E-state index contributed by atoms with van der Waals surface area (Å²) in [6.07, 6.45) is 7.05. The lowest BCUT2D eigenvalue weighted by molar-refractivity contribution is 0.0678. The molecule has 0 unspecified atom stereocenters. The Hall–Kier alpha value is -1.68. The highest BCUT2D eigenvalue weighted by Crippen LogP contribution is 2.24. The molecule has 1 aliphatic rings. The molecule has 1 fully saturated rings. The van der Waals surface area contributed by atoms with E-state index in [4.69, 9.17) is 0 Å². The summed E-state index contributed by atoms with van der Waals surface area (Å²) >= 11 is 1.59. The maximum Gasteiger partial charge on any atom is 0.263 e. The van der Waals surface area contributed by atoms with Crippen LogP contribution in [0.15, 0.2) is 36.7 Å². The summed E-state index contributed by atoms with van der Waals surface area (Å²) in [5.74, 6) is 0.747. The Balaban J connectivity index is 1.64. The number of hydrogen-bond acceptors (Lipinski definition) is 3. The molecule has 3 heterocycles. The van der Waals surface area contributed by atoms with Gasteiger partial charge in [0.2, 0.25) is 0 Å². The van der Waals surface area contributed by atoms with Crippen LogP contribution in [0.25, 0.3) is 0 Å². The highest BCUT2D eigenvalue weighted by Gasteiger charge is 2.25. The van der Waals surface area contributed by atoms with Gasteiger partial charge in [0.05, 0.1) is 4.88 Å². The number of pyridine rings is 1. The molecule has 0 N–H and O–H groups in total. The van der Waals surface area contributed by atoms with Gasteiger partial charge in [-0.1, -0.05) is 6.07 Å². The monoisotopic (exact) mass is 300 g/mol. The number of amides is 1. The van der Waals surface area contributed by atoms with E-state index in [1.807, 2.05) is 36.2 Å². The van der Waals surface area contributed by atoms with Gasteiger partial charge in [0.1, 0.15) is 0 Å². The summed E-state index contributed by atoms with van der Waals surface area (Å²) in [5, 5.41) is 0. The first-order valence-corrected chi connectivity index (χ1v) is 8.28. The third-order valence-corrected chi connectivity index (χ3v) is 4.99. The molecule has 4 heteroatoms.